The number of allylic oxidation sites excluding steroid dienone is 1. The standard InChI is InChI=1S/C6H10O2Si/c1-3-4-5-9-8-6(2)7/h4-5H,3H2,1-2H3/b5-4+. The molecular weight excluding hydrogens is 132 g/mol. The van der Waals surface area contributed by atoms with Crippen molar-refractivity contribution >= 4 is 15.7 Å². The summed E-state index contributed by atoms with van der Waals surface area (Å²) in [6.07, 6.45) is 2.97. The summed E-state index contributed by atoms with van der Waals surface area (Å²) in [5.41, 5.74) is 1.86. The van der Waals surface area contributed by atoms with Crippen LogP contribution in [0.1, 0.15) is 20.3 Å². The van der Waals surface area contributed by atoms with Crippen molar-refractivity contribution in [3.05, 3.63) is 11.8 Å². The lowest BCUT2D eigenvalue weighted by atomic mass is 10.5. The molecule has 9 heavy (non-hydrogen) atoms. The minimum Gasteiger partial charge on any atom is -0.512 e. The molecule has 2 nitrogen and oxygen atoms in total. The van der Waals surface area contributed by atoms with Gasteiger partial charge in [-0.25, -0.2) is 0 Å². The summed E-state index contributed by atoms with van der Waals surface area (Å²) in [5, 5.41) is 0. The van der Waals surface area contributed by atoms with Gasteiger partial charge in [-0.2, -0.15) is 0 Å². The second kappa shape index (κ2) is 5.56. The Morgan fingerprint density at radius 3 is 2.89 bits per heavy atom. The number of carbonyl (C=O) groups excluding carboxylic acids is 1. The van der Waals surface area contributed by atoms with Crippen LogP contribution in [0.25, 0.3) is 0 Å². The monoisotopic (exact) mass is 142 g/mol. The van der Waals surface area contributed by atoms with Crippen molar-refractivity contribution in [2.24, 2.45) is 0 Å². The van der Waals surface area contributed by atoms with Gasteiger partial charge in [-0.3, -0.25) is 4.79 Å². The molecule has 0 aromatic rings. The molecule has 0 aliphatic carbocycles. The predicted molar refractivity (Wildman–Crippen MR) is 37.0 cm³/mol. The summed E-state index contributed by atoms with van der Waals surface area (Å²) in [6.45, 7) is 3.45. The number of carbonyl (C=O) groups is 1. The third kappa shape index (κ3) is 7.43. The van der Waals surface area contributed by atoms with Crippen LogP contribution in [-0.4, -0.2) is 15.7 Å². The van der Waals surface area contributed by atoms with Crippen molar-refractivity contribution in [3.63, 3.8) is 0 Å². The average Bonchev–Trinajstić information content (AvgIpc) is 1.80. The first-order chi connectivity index (χ1) is 4.27. The molecule has 0 aromatic heterocycles. The molecular formula is C6H10O2Si. The van der Waals surface area contributed by atoms with Crippen LogP contribution < -0.4 is 0 Å². The van der Waals surface area contributed by atoms with Gasteiger partial charge in [0.2, 0.25) is 0 Å². The van der Waals surface area contributed by atoms with Crippen molar-refractivity contribution in [3.8, 4) is 0 Å². The van der Waals surface area contributed by atoms with Gasteiger partial charge in [0.25, 0.3) is 5.97 Å². The Labute approximate surface area is 57.8 Å². The van der Waals surface area contributed by atoms with E-state index in [-0.39, 0.29) is 15.7 Å². The Hall–Kier alpha value is -0.573. The Balaban J connectivity index is 3.09. The van der Waals surface area contributed by atoms with E-state index in [4.69, 9.17) is 0 Å². The molecule has 0 bridgehead atoms. The third-order valence-electron chi connectivity index (χ3n) is 0.624. The largest absolute Gasteiger partial charge is 0.512 e. The van der Waals surface area contributed by atoms with Crippen molar-refractivity contribution in [1.29, 1.82) is 0 Å². The van der Waals surface area contributed by atoms with Crippen LogP contribution in [0.2, 0.25) is 0 Å². The van der Waals surface area contributed by atoms with Gasteiger partial charge in [0.05, 0.1) is 0 Å². The number of hydrogen-bond donors (Lipinski definition) is 0. The van der Waals surface area contributed by atoms with Gasteiger partial charge in [0, 0.05) is 6.92 Å². The second-order valence-electron chi connectivity index (χ2n) is 1.52. The fourth-order valence-electron chi connectivity index (χ4n) is 0.283. The lowest BCUT2D eigenvalue weighted by Crippen LogP contribution is -2.00. The van der Waals surface area contributed by atoms with Crippen molar-refractivity contribution in [1.82, 2.24) is 0 Å². The Morgan fingerprint density at radius 1 is 1.78 bits per heavy atom. The zero-order chi connectivity index (χ0) is 7.11. The first-order valence-electron chi connectivity index (χ1n) is 2.85. The van der Waals surface area contributed by atoms with Gasteiger partial charge in [-0.1, -0.05) is 18.7 Å². The molecule has 0 atom stereocenters. The zero-order valence-corrected chi connectivity index (χ0v) is 6.68. The lowest BCUT2D eigenvalue weighted by molar-refractivity contribution is -0.131. The highest BCUT2D eigenvalue weighted by Crippen LogP contribution is 1.79. The van der Waals surface area contributed by atoms with Crippen LogP contribution in [-0.2, 0) is 9.22 Å². The molecule has 0 saturated carbocycles. The summed E-state index contributed by atoms with van der Waals surface area (Å²) in [7, 11) is 0.189. The normalized spacial score (nSPS) is 10.0. The van der Waals surface area contributed by atoms with Gasteiger partial charge in [0.1, 0.15) is 0 Å². The smallest absolute Gasteiger partial charge is 0.346 e. The maximum Gasteiger partial charge on any atom is 0.346 e. The van der Waals surface area contributed by atoms with Crippen molar-refractivity contribution in [2.75, 3.05) is 0 Å². The molecule has 0 aliphatic rings. The molecule has 0 rings (SSSR count). The fraction of sp³-hybridized carbons (Fsp3) is 0.500. The van der Waals surface area contributed by atoms with Crippen LogP contribution in [0.4, 0.5) is 0 Å². The van der Waals surface area contributed by atoms with Crippen LogP contribution in [0, 0.1) is 0 Å². The molecule has 0 amide bonds. The zero-order valence-electron chi connectivity index (χ0n) is 5.68. The van der Waals surface area contributed by atoms with Gasteiger partial charge < -0.3 is 4.43 Å². The van der Waals surface area contributed by atoms with E-state index in [0.717, 1.165) is 6.42 Å². The van der Waals surface area contributed by atoms with Crippen LogP contribution in [0.15, 0.2) is 11.8 Å². The summed E-state index contributed by atoms with van der Waals surface area (Å²) < 4.78 is 4.65. The maximum atomic E-state index is 10.2. The van der Waals surface area contributed by atoms with E-state index in [1.165, 1.54) is 6.92 Å². The van der Waals surface area contributed by atoms with E-state index >= 15 is 0 Å². The SMILES string of the molecule is CC/C=C/[Si]OC(C)=O. The number of hydrogen-bond acceptors (Lipinski definition) is 2. The minimum absolute atomic E-state index is 0.189. The van der Waals surface area contributed by atoms with Gasteiger partial charge >= 0.3 is 9.76 Å². The van der Waals surface area contributed by atoms with Crippen molar-refractivity contribution in [2.45, 2.75) is 20.3 Å². The molecule has 0 heterocycles. The first-order valence-corrected chi connectivity index (χ1v) is 3.84. The van der Waals surface area contributed by atoms with E-state index in [0.29, 0.717) is 0 Å². The maximum absolute atomic E-state index is 10.2. The molecule has 0 fully saturated rings. The average molecular weight is 142 g/mol. The molecule has 0 saturated heterocycles. The molecule has 3 heteroatoms. The second-order valence-corrected chi connectivity index (χ2v) is 2.30. The highest BCUT2D eigenvalue weighted by molar-refractivity contribution is 6.36. The van der Waals surface area contributed by atoms with E-state index in [2.05, 4.69) is 4.43 Å². The highest BCUT2D eigenvalue weighted by atomic mass is 28.2. The minimum atomic E-state index is -0.214. The summed E-state index contributed by atoms with van der Waals surface area (Å²) in [5.74, 6) is -0.214. The first kappa shape index (κ1) is 8.43. The quantitative estimate of drug-likeness (QED) is 0.551. The molecule has 0 aliphatic heterocycles. The molecule has 50 valence electrons. The van der Waals surface area contributed by atoms with Gasteiger partial charge in [-0.15, -0.1) is 0 Å². The van der Waals surface area contributed by atoms with Crippen LogP contribution in [0.3, 0.4) is 0 Å². The highest BCUT2D eigenvalue weighted by Gasteiger charge is 1.88. The molecule has 0 unspecified atom stereocenters. The molecule has 2 radical (unpaired) electrons. The van der Waals surface area contributed by atoms with E-state index < -0.39 is 0 Å². The van der Waals surface area contributed by atoms with Crippen molar-refractivity contribution < 1.29 is 9.22 Å². The summed E-state index contributed by atoms with van der Waals surface area (Å²) in [6, 6.07) is 0. The number of rotatable bonds is 3. The molecule has 0 aromatic carbocycles. The lowest BCUT2D eigenvalue weighted by Gasteiger charge is -1.90. The van der Waals surface area contributed by atoms with Crippen LogP contribution in [0.5, 0.6) is 0 Å². The fourth-order valence-corrected chi connectivity index (χ4v) is 0.849. The van der Waals surface area contributed by atoms with Gasteiger partial charge in [0.15, 0.2) is 0 Å². The van der Waals surface area contributed by atoms with E-state index in [1.54, 1.807) is 0 Å². The predicted octanol–water partition coefficient (Wildman–Crippen LogP) is 1.09. The van der Waals surface area contributed by atoms with E-state index in [1.807, 2.05) is 18.7 Å². The topological polar surface area (TPSA) is 26.3 Å². The molecule has 0 spiro atoms. The Bertz CT molecular complexity index is 110. The Morgan fingerprint density at radius 2 is 2.44 bits per heavy atom. The summed E-state index contributed by atoms with van der Waals surface area (Å²) in [4.78, 5) is 10.2. The van der Waals surface area contributed by atoms with E-state index in [9.17, 15) is 4.79 Å². The van der Waals surface area contributed by atoms with Crippen LogP contribution >= 0.6 is 0 Å². The third-order valence-corrected chi connectivity index (χ3v) is 1.40. The van der Waals surface area contributed by atoms with Gasteiger partial charge in [-0.05, 0) is 6.42 Å². The molecule has 0 N–H and O–H groups in total. The summed E-state index contributed by atoms with van der Waals surface area (Å²) >= 11 is 0. The Kier molecular flexibility index (Phi) is 5.21.